The summed E-state index contributed by atoms with van der Waals surface area (Å²) in [6, 6.07) is 6.35. The quantitative estimate of drug-likeness (QED) is 0.331. The lowest BCUT2D eigenvalue weighted by atomic mass is 9.72. The van der Waals surface area contributed by atoms with Crippen LogP contribution in [0.2, 0.25) is 0 Å². The SMILES string of the molecule is CCOc1c(I)cc(C=Nc2sc3c(c2C#N)CC[C@@H](C(C)(C)C)C3)cc1OC. The molecule has 0 amide bonds. The molecular weight excluding hydrogens is 495 g/mol. The minimum Gasteiger partial charge on any atom is -0.493 e. The van der Waals surface area contributed by atoms with Crippen molar-refractivity contribution in [1.29, 1.82) is 5.26 Å². The summed E-state index contributed by atoms with van der Waals surface area (Å²) >= 11 is 3.92. The van der Waals surface area contributed by atoms with Crippen LogP contribution in [0.1, 0.15) is 55.7 Å². The van der Waals surface area contributed by atoms with Gasteiger partial charge in [0.1, 0.15) is 11.1 Å². The van der Waals surface area contributed by atoms with Crippen LogP contribution in [0.3, 0.4) is 0 Å². The van der Waals surface area contributed by atoms with Crippen LogP contribution in [0.25, 0.3) is 0 Å². The van der Waals surface area contributed by atoms with Crippen LogP contribution in [0.5, 0.6) is 11.5 Å². The Morgan fingerprint density at radius 3 is 2.76 bits per heavy atom. The predicted molar refractivity (Wildman–Crippen MR) is 128 cm³/mol. The summed E-state index contributed by atoms with van der Waals surface area (Å²) in [5, 5.41) is 10.6. The topological polar surface area (TPSA) is 54.6 Å². The number of halogens is 1. The fourth-order valence-electron chi connectivity index (χ4n) is 3.75. The van der Waals surface area contributed by atoms with Gasteiger partial charge in [0.05, 0.1) is 22.9 Å². The summed E-state index contributed by atoms with van der Waals surface area (Å²) in [6.45, 7) is 9.46. The zero-order chi connectivity index (χ0) is 21.2. The Balaban J connectivity index is 1.92. The van der Waals surface area contributed by atoms with Crippen molar-refractivity contribution < 1.29 is 9.47 Å². The van der Waals surface area contributed by atoms with E-state index < -0.39 is 0 Å². The van der Waals surface area contributed by atoms with Gasteiger partial charge in [-0.1, -0.05) is 20.8 Å². The van der Waals surface area contributed by atoms with Crippen molar-refractivity contribution in [3.8, 4) is 17.6 Å². The first-order valence-corrected chi connectivity index (χ1v) is 11.8. The van der Waals surface area contributed by atoms with Gasteiger partial charge in [0.25, 0.3) is 0 Å². The van der Waals surface area contributed by atoms with E-state index in [0.717, 1.165) is 44.7 Å². The molecule has 2 aromatic rings. The van der Waals surface area contributed by atoms with E-state index in [0.29, 0.717) is 18.3 Å². The average molecular weight is 522 g/mol. The standard InChI is InChI=1S/C23H27IN2O2S/c1-6-28-21-18(24)9-14(10-19(21)27-5)13-26-22-17(12-25)16-8-7-15(23(2,3)4)11-20(16)29-22/h9-10,13,15H,6-8,11H2,1-5H3/t15-/m1/s1. The predicted octanol–water partition coefficient (Wildman–Crippen LogP) is 6.53. The third kappa shape index (κ3) is 4.77. The van der Waals surface area contributed by atoms with Crippen molar-refractivity contribution in [3.05, 3.63) is 37.3 Å². The third-order valence-electron chi connectivity index (χ3n) is 5.45. The molecule has 1 aliphatic rings. The molecular formula is C23H27IN2O2S. The molecule has 1 atom stereocenters. The van der Waals surface area contributed by atoms with Crippen molar-refractivity contribution >= 4 is 45.1 Å². The van der Waals surface area contributed by atoms with Gasteiger partial charge >= 0.3 is 0 Å². The van der Waals surface area contributed by atoms with E-state index in [1.165, 1.54) is 10.4 Å². The molecule has 4 nitrogen and oxygen atoms in total. The molecule has 1 aromatic heterocycles. The lowest BCUT2D eigenvalue weighted by Gasteiger charge is -2.33. The number of rotatable bonds is 5. The first-order valence-electron chi connectivity index (χ1n) is 9.87. The molecule has 1 aromatic carbocycles. The van der Waals surface area contributed by atoms with Crippen LogP contribution in [0, 0.1) is 26.2 Å². The number of aliphatic imine (C=N–C) groups is 1. The van der Waals surface area contributed by atoms with Gasteiger partial charge in [0, 0.05) is 11.1 Å². The number of nitriles is 1. The Morgan fingerprint density at radius 1 is 1.38 bits per heavy atom. The maximum absolute atomic E-state index is 9.75. The first-order chi connectivity index (χ1) is 13.8. The molecule has 29 heavy (non-hydrogen) atoms. The second-order valence-electron chi connectivity index (χ2n) is 8.33. The summed E-state index contributed by atoms with van der Waals surface area (Å²) in [6.07, 6.45) is 4.97. The van der Waals surface area contributed by atoms with E-state index >= 15 is 0 Å². The Labute approximate surface area is 191 Å². The molecule has 0 spiro atoms. The normalized spacial score (nSPS) is 16.5. The Bertz CT molecular complexity index is 967. The minimum atomic E-state index is 0.285. The second-order valence-corrected chi connectivity index (χ2v) is 10.6. The molecule has 0 saturated carbocycles. The largest absolute Gasteiger partial charge is 0.493 e. The van der Waals surface area contributed by atoms with Gasteiger partial charge in [-0.3, -0.25) is 0 Å². The smallest absolute Gasteiger partial charge is 0.174 e. The molecule has 0 aliphatic heterocycles. The molecule has 0 bridgehead atoms. The zero-order valence-corrected chi connectivity index (χ0v) is 20.6. The number of hydrogen-bond donors (Lipinski definition) is 0. The molecule has 0 fully saturated rings. The number of benzene rings is 1. The Morgan fingerprint density at radius 2 is 2.14 bits per heavy atom. The van der Waals surface area contributed by atoms with Crippen LogP contribution in [-0.4, -0.2) is 19.9 Å². The van der Waals surface area contributed by atoms with Gasteiger partial charge in [0.15, 0.2) is 11.5 Å². The highest BCUT2D eigenvalue weighted by atomic mass is 127. The molecule has 3 rings (SSSR count). The van der Waals surface area contributed by atoms with Gasteiger partial charge in [0.2, 0.25) is 0 Å². The third-order valence-corrected chi connectivity index (χ3v) is 7.42. The molecule has 0 radical (unpaired) electrons. The summed E-state index contributed by atoms with van der Waals surface area (Å²) in [5.41, 5.74) is 3.18. The van der Waals surface area contributed by atoms with Gasteiger partial charge in [-0.15, -0.1) is 11.3 Å². The highest BCUT2D eigenvalue weighted by Gasteiger charge is 2.32. The van der Waals surface area contributed by atoms with E-state index in [1.54, 1.807) is 18.4 Å². The van der Waals surface area contributed by atoms with Gasteiger partial charge in [-0.2, -0.15) is 5.26 Å². The summed E-state index contributed by atoms with van der Waals surface area (Å²) in [5.74, 6) is 2.10. The monoisotopic (exact) mass is 522 g/mol. The van der Waals surface area contributed by atoms with Crippen LogP contribution in [0.15, 0.2) is 17.1 Å². The maximum Gasteiger partial charge on any atom is 0.174 e. The molecule has 0 unspecified atom stereocenters. The molecule has 1 aliphatic carbocycles. The highest BCUT2D eigenvalue weighted by Crippen LogP contribution is 2.45. The summed E-state index contributed by atoms with van der Waals surface area (Å²) in [4.78, 5) is 6.04. The van der Waals surface area contributed by atoms with E-state index in [1.807, 2.05) is 25.3 Å². The van der Waals surface area contributed by atoms with E-state index in [-0.39, 0.29) is 5.41 Å². The number of methoxy groups -OCH3 is 1. The Kier molecular flexibility index (Phi) is 6.90. The minimum absolute atomic E-state index is 0.285. The highest BCUT2D eigenvalue weighted by molar-refractivity contribution is 14.1. The van der Waals surface area contributed by atoms with Crippen LogP contribution < -0.4 is 9.47 Å². The van der Waals surface area contributed by atoms with Gasteiger partial charge in [-0.25, -0.2) is 4.99 Å². The number of fused-ring (bicyclic) bond motifs is 1. The number of thiophene rings is 1. The van der Waals surface area contributed by atoms with Gasteiger partial charge in [-0.05, 0) is 83.4 Å². The number of ether oxygens (including phenoxy) is 2. The van der Waals surface area contributed by atoms with E-state index in [9.17, 15) is 5.26 Å². The first kappa shape index (κ1) is 22.1. The molecule has 0 N–H and O–H groups in total. The molecule has 0 saturated heterocycles. The number of hydrogen-bond acceptors (Lipinski definition) is 5. The van der Waals surface area contributed by atoms with E-state index in [4.69, 9.17) is 14.5 Å². The van der Waals surface area contributed by atoms with Crippen molar-refractivity contribution in [2.75, 3.05) is 13.7 Å². The van der Waals surface area contributed by atoms with Crippen molar-refractivity contribution in [2.24, 2.45) is 16.3 Å². The van der Waals surface area contributed by atoms with Crippen molar-refractivity contribution in [2.45, 2.75) is 47.0 Å². The second kappa shape index (κ2) is 9.05. The molecule has 6 heteroatoms. The summed E-state index contributed by atoms with van der Waals surface area (Å²) < 4.78 is 12.1. The van der Waals surface area contributed by atoms with Crippen LogP contribution >= 0.6 is 33.9 Å². The van der Waals surface area contributed by atoms with Crippen LogP contribution in [0.4, 0.5) is 5.00 Å². The number of nitrogens with zero attached hydrogens (tertiary/aromatic N) is 2. The van der Waals surface area contributed by atoms with E-state index in [2.05, 4.69) is 49.4 Å². The van der Waals surface area contributed by atoms with Gasteiger partial charge < -0.3 is 9.47 Å². The fourth-order valence-corrected chi connectivity index (χ4v) is 5.75. The average Bonchev–Trinajstić information content (AvgIpc) is 3.04. The lowest BCUT2D eigenvalue weighted by molar-refractivity contribution is 0.218. The van der Waals surface area contributed by atoms with Crippen LogP contribution in [-0.2, 0) is 12.8 Å². The lowest BCUT2D eigenvalue weighted by Crippen LogP contribution is -2.26. The molecule has 1 heterocycles. The fraction of sp³-hybridized carbons (Fsp3) is 0.478. The molecule has 154 valence electrons. The zero-order valence-electron chi connectivity index (χ0n) is 17.6. The maximum atomic E-state index is 9.75. The Hall–Kier alpha value is -1.59. The van der Waals surface area contributed by atoms with Crippen molar-refractivity contribution in [3.63, 3.8) is 0 Å². The summed E-state index contributed by atoms with van der Waals surface area (Å²) in [7, 11) is 1.64. The van der Waals surface area contributed by atoms with Crippen molar-refractivity contribution in [1.82, 2.24) is 0 Å².